The van der Waals surface area contributed by atoms with E-state index in [-0.39, 0.29) is 0 Å². The molecular formula is C11H14N2. The maximum absolute atomic E-state index is 4.50. The van der Waals surface area contributed by atoms with Crippen LogP contribution >= 0.6 is 0 Å². The van der Waals surface area contributed by atoms with Crippen LogP contribution < -0.4 is 5.32 Å². The highest BCUT2D eigenvalue weighted by atomic mass is 15.0. The van der Waals surface area contributed by atoms with Gasteiger partial charge in [0.15, 0.2) is 0 Å². The zero-order valence-electron chi connectivity index (χ0n) is 7.66. The summed E-state index contributed by atoms with van der Waals surface area (Å²) in [6, 6.07) is 10.3. The smallest absolute Gasteiger partial charge is 0.128 e. The Morgan fingerprint density at radius 2 is 1.92 bits per heavy atom. The molecule has 1 N–H and O–H groups in total. The predicted octanol–water partition coefficient (Wildman–Crippen LogP) is 1.82. The molecule has 1 aliphatic heterocycles. The Bertz CT molecular complexity index is 290. The second-order valence-corrected chi connectivity index (χ2v) is 3.23. The standard InChI is InChI=1S/C11H14N2/c1-2-6-10(7-3-1)11-12-8-4-5-9-13-11/h1-3,6-7H,4-5,8-9H2,(H,12,13). The van der Waals surface area contributed by atoms with Gasteiger partial charge in [0.2, 0.25) is 0 Å². The summed E-state index contributed by atoms with van der Waals surface area (Å²) in [6.45, 7) is 2.00. The molecular weight excluding hydrogens is 160 g/mol. The zero-order chi connectivity index (χ0) is 8.93. The van der Waals surface area contributed by atoms with E-state index in [9.17, 15) is 0 Å². The van der Waals surface area contributed by atoms with E-state index >= 15 is 0 Å². The van der Waals surface area contributed by atoms with Gasteiger partial charge in [0.25, 0.3) is 0 Å². The third-order valence-corrected chi connectivity index (χ3v) is 2.19. The summed E-state index contributed by atoms with van der Waals surface area (Å²) in [5, 5.41) is 3.35. The van der Waals surface area contributed by atoms with E-state index in [4.69, 9.17) is 0 Å². The van der Waals surface area contributed by atoms with E-state index in [1.807, 2.05) is 18.2 Å². The molecule has 1 aliphatic rings. The lowest BCUT2D eigenvalue weighted by molar-refractivity contribution is 0.749. The van der Waals surface area contributed by atoms with Crippen molar-refractivity contribution in [2.75, 3.05) is 13.1 Å². The van der Waals surface area contributed by atoms with E-state index in [0.29, 0.717) is 0 Å². The molecule has 0 unspecified atom stereocenters. The van der Waals surface area contributed by atoms with Gasteiger partial charge in [0, 0.05) is 18.7 Å². The fourth-order valence-electron chi connectivity index (χ4n) is 1.48. The summed E-state index contributed by atoms with van der Waals surface area (Å²) in [4.78, 5) is 4.50. The minimum absolute atomic E-state index is 0.956. The average molecular weight is 174 g/mol. The summed E-state index contributed by atoms with van der Waals surface area (Å²) in [7, 11) is 0. The van der Waals surface area contributed by atoms with Gasteiger partial charge in [-0.2, -0.15) is 0 Å². The van der Waals surface area contributed by atoms with Crippen molar-refractivity contribution in [3.05, 3.63) is 35.9 Å². The fourth-order valence-corrected chi connectivity index (χ4v) is 1.48. The molecule has 0 saturated carbocycles. The number of nitrogens with one attached hydrogen (secondary N) is 1. The van der Waals surface area contributed by atoms with E-state index < -0.39 is 0 Å². The van der Waals surface area contributed by atoms with Crippen LogP contribution in [0.1, 0.15) is 18.4 Å². The first-order valence-corrected chi connectivity index (χ1v) is 4.80. The van der Waals surface area contributed by atoms with Gasteiger partial charge in [0.05, 0.1) is 0 Å². The highest BCUT2D eigenvalue weighted by Crippen LogP contribution is 2.03. The van der Waals surface area contributed by atoms with Crippen LogP contribution in [0.25, 0.3) is 0 Å². The maximum atomic E-state index is 4.50. The minimum Gasteiger partial charge on any atom is -0.370 e. The molecule has 1 aromatic carbocycles. The molecule has 0 radical (unpaired) electrons. The van der Waals surface area contributed by atoms with E-state index in [0.717, 1.165) is 18.9 Å². The van der Waals surface area contributed by atoms with E-state index in [2.05, 4.69) is 22.4 Å². The Labute approximate surface area is 78.7 Å². The van der Waals surface area contributed by atoms with Crippen LogP contribution in [0, 0.1) is 0 Å². The average Bonchev–Trinajstić information content (AvgIpc) is 2.47. The molecule has 0 aromatic heterocycles. The maximum Gasteiger partial charge on any atom is 0.128 e. The first-order chi connectivity index (χ1) is 6.47. The zero-order valence-corrected chi connectivity index (χ0v) is 7.66. The third-order valence-electron chi connectivity index (χ3n) is 2.19. The van der Waals surface area contributed by atoms with Crippen LogP contribution in [0.5, 0.6) is 0 Å². The molecule has 2 heteroatoms. The Morgan fingerprint density at radius 1 is 1.08 bits per heavy atom. The van der Waals surface area contributed by atoms with Crippen molar-refractivity contribution in [3.8, 4) is 0 Å². The minimum atomic E-state index is 0.956. The van der Waals surface area contributed by atoms with E-state index in [1.165, 1.54) is 18.4 Å². The molecule has 13 heavy (non-hydrogen) atoms. The van der Waals surface area contributed by atoms with Crippen LogP contribution in [0.4, 0.5) is 0 Å². The number of hydrogen-bond acceptors (Lipinski definition) is 2. The van der Waals surface area contributed by atoms with Gasteiger partial charge in [-0.1, -0.05) is 30.3 Å². The molecule has 0 fully saturated rings. The van der Waals surface area contributed by atoms with E-state index in [1.54, 1.807) is 0 Å². The Balaban J connectivity index is 2.19. The van der Waals surface area contributed by atoms with Crippen molar-refractivity contribution in [2.45, 2.75) is 12.8 Å². The van der Waals surface area contributed by atoms with Crippen molar-refractivity contribution >= 4 is 5.84 Å². The molecule has 2 nitrogen and oxygen atoms in total. The molecule has 68 valence electrons. The monoisotopic (exact) mass is 174 g/mol. The Hall–Kier alpha value is -1.31. The van der Waals surface area contributed by atoms with Crippen LogP contribution in [-0.4, -0.2) is 18.9 Å². The summed E-state index contributed by atoms with van der Waals surface area (Å²) in [5.41, 5.74) is 1.20. The molecule has 0 bridgehead atoms. The lowest BCUT2D eigenvalue weighted by Crippen LogP contribution is -2.23. The van der Waals surface area contributed by atoms with Gasteiger partial charge in [-0.25, -0.2) is 0 Å². The van der Waals surface area contributed by atoms with Crippen LogP contribution in [0.15, 0.2) is 35.3 Å². The lowest BCUT2D eigenvalue weighted by atomic mass is 10.2. The number of nitrogens with zero attached hydrogens (tertiary/aromatic N) is 1. The van der Waals surface area contributed by atoms with Crippen molar-refractivity contribution in [1.29, 1.82) is 0 Å². The second kappa shape index (κ2) is 4.08. The Morgan fingerprint density at radius 3 is 2.77 bits per heavy atom. The fraction of sp³-hybridized carbons (Fsp3) is 0.364. The quantitative estimate of drug-likeness (QED) is 0.690. The molecule has 0 amide bonds. The Kier molecular flexibility index (Phi) is 2.60. The molecule has 2 rings (SSSR count). The molecule has 0 atom stereocenters. The van der Waals surface area contributed by atoms with Gasteiger partial charge in [0.1, 0.15) is 5.84 Å². The van der Waals surface area contributed by atoms with Crippen LogP contribution in [-0.2, 0) is 0 Å². The van der Waals surface area contributed by atoms with Crippen LogP contribution in [0.2, 0.25) is 0 Å². The van der Waals surface area contributed by atoms with Gasteiger partial charge in [-0.15, -0.1) is 0 Å². The largest absolute Gasteiger partial charge is 0.370 e. The van der Waals surface area contributed by atoms with Crippen LogP contribution in [0.3, 0.4) is 0 Å². The highest BCUT2D eigenvalue weighted by molar-refractivity contribution is 5.98. The summed E-state index contributed by atoms with van der Waals surface area (Å²) in [6.07, 6.45) is 2.42. The first kappa shape index (κ1) is 8.30. The number of hydrogen-bond donors (Lipinski definition) is 1. The van der Waals surface area contributed by atoms with Crippen molar-refractivity contribution < 1.29 is 0 Å². The van der Waals surface area contributed by atoms with Gasteiger partial charge >= 0.3 is 0 Å². The van der Waals surface area contributed by atoms with Crippen molar-refractivity contribution in [2.24, 2.45) is 4.99 Å². The van der Waals surface area contributed by atoms with Gasteiger partial charge in [-0.05, 0) is 12.8 Å². The first-order valence-electron chi connectivity index (χ1n) is 4.80. The topological polar surface area (TPSA) is 24.4 Å². The summed E-state index contributed by atoms with van der Waals surface area (Å²) in [5.74, 6) is 1.05. The summed E-state index contributed by atoms with van der Waals surface area (Å²) < 4.78 is 0. The van der Waals surface area contributed by atoms with Gasteiger partial charge < -0.3 is 5.32 Å². The predicted molar refractivity (Wildman–Crippen MR) is 55.1 cm³/mol. The molecule has 0 spiro atoms. The number of amidine groups is 1. The molecule has 1 aromatic rings. The third kappa shape index (κ3) is 2.08. The van der Waals surface area contributed by atoms with Crippen molar-refractivity contribution in [3.63, 3.8) is 0 Å². The molecule has 0 saturated heterocycles. The number of aliphatic imine (C=N–C) groups is 1. The number of benzene rings is 1. The normalized spacial score (nSPS) is 17.1. The van der Waals surface area contributed by atoms with Crippen molar-refractivity contribution in [1.82, 2.24) is 5.32 Å². The van der Waals surface area contributed by atoms with Gasteiger partial charge in [-0.3, -0.25) is 4.99 Å². The highest BCUT2D eigenvalue weighted by Gasteiger charge is 2.03. The molecule has 0 aliphatic carbocycles. The number of rotatable bonds is 1. The second-order valence-electron chi connectivity index (χ2n) is 3.23. The molecule has 1 heterocycles. The summed E-state index contributed by atoms with van der Waals surface area (Å²) >= 11 is 0. The lowest BCUT2D eigenvalue weighted by Gasteiger charge is -2.05. The SMILES string of the molecule is c1ccc(C2=NCCCCN2)cc1.